The lowest BCUT2D eigenvalue weighted by molar-refractivity contribution is -0.114. The molecule has 30 heavy (non-hydrogen) atoms. The number of ether oxygens (including phenoxy) is 2. The molecule has 162 valence electrons. The Hall–Kier alpha value is -3.29. The summed E-state index contributed by atoms with van der Waals surface area (Å²) in [4.78, 5) is 15.6. The van der Waals surface area contributed by atoms with Crippen LogP contribution in [0.1, 0.15) is 20.8 Å². The molecule has 0 fully saturated rings. The SMILES string of the molecule is CCNC(=NCC(C)Oc1cccc(F)c1)NCCOc1cccc(NC(C)=O)c1. The highest BCUT2D eigenvalue weighted by Crippen LogP contribution is 2.17. The number of aliphatic imine (C=N–C) groups is 1. The Kier molecular flexibility index (Phi) is 9.44. The molecule has 0 radical (unpaired) electrons. The Bertz CT molecular complexity index is 845. The number of carbonyl (C=O) groups excluding carboxylic acids is 1. The van der Waals surface area contributed by atoms with Gasteiger partial charge >= 0.3 is 0 Å². The predicted octanol–water partition coefficient (Wildman–Crippen LogP) is 3.19. The number of nitrogens with zero attached hydrogens (tertiary/aromatic N) is 1. The number of benzene rings is 2. The smallest absolute Gasteiger partial charge is 0.221 e. The summed E-state index contributed by atoms with van der Waals surface area (Å²) in [5.74, 6) is 1.33. The Labute approximate surface area is 176 Å². The molecule has 0 aliphatic rings. The van der Waals surface area contributed by atoms with E-state index in [2.05, 4.69) is 20.9 Å². The van der Waals surface area contributed by atoms with Gasteiger partial charge in [-0.1, -0.05) is 12.1 Å². The Morgan fingerprint density at radius 1 is 1.13 bits per heavy atom. The van der Waals surface area contributed by atoms with Crippen molar-refractivity contribution in [2.24, 2.45) is 4.99 Å². The Balaban J connectivity index is 1.78. The van der Waals surface area contributed by atoms with Gasteiger partial charge in [0.15, 0.2) is 5.96 Å². The van der Waals surface area contributed by atoms with Crippen molar-refractivity contribution in [2.45, 2.75) is 26.9 Å². The van der Waals surface area contributed by atoms with Gasteiger partial charge < -0.3 is 25.4 Å². The van der Waals surface area contributed by atoms with Crippen molar-refractivity contribution >= 4 is 17.6 Å². The van der Waals surface area contributed by atoms with Gasteiger partial charge in [0.1, 0.15) is 30.0 Å². The van der Waals surface area contributed by atoms with E-state index in [0.717, 1.165) is 0 Å². The van der Waals surface area contributed by atoms with Crippen LogP contribution in [0.3, 0.4) is 0 Å². The first-order valence-corrected chi connectivity index (χ1v) is 9.91. The zero-order valence-corrected chi connectivity index (χ0v) is 17.6. The van der Waals surface area contributed by atoms with Crippen LogP contribution in [0.5, 0.6) is 11.5 Å². The van der Waals surface area contributed by atoms with Crippen molar-refractivity contribution in [3.05, 3.63) is 54.3 Å². The number of hydrogen-bond acceptors (Lipinski definition) is 4. The average molecular weight is 416 g/mol. The van der Waals surface area contributed by atoms with Crippen molar-refractivity contribution in [1.82, 2.24) is 10.6 Å². The van der Waals surface area contributed by atoms with Gasteiger partial charge in [0.25, 0.3) is 0 Å². The monoisotopic (exact) mass is 416 g/mol. The number of nitrogens with one attached hydrogen (secondary N) is 3. The van der Waals surface area contributed by atoms with Crippen LogP contribution >= 0.6 is 0 Å². The maximum atomic E-state index is 13.2. The first-order chi connectivity index (χ1) is 14.5. The molecular weight excluding hydrogens is 387 g/mol. The maximum Gasteiger partial charge on any atom is 0.221 e. The molecule has 0 saturated carbocycles. The van der Waals surface area contributed by atoms with Gasteiger partial charge in [-0.2, -0.15) is 0 Å². The second kappa shape index (κ2) is 12.3. The van der Waals surface area contributed by atoms with E-state index in [0.29, 0.717) is 49.4 Å². The zero-order chi connectivity index (χ0) is 21.8. The second-order valence-electron chi connectivity index (χ2n) is 6.59. The molecule has 1 amide bonds. The van der Waals surface area contributed by atoms with Crippen LogP contribution in [-0.2, 0) is 4.79 Å². The first-order valence-electron chi connectivity index (χ1n) is 9.91. The van der Waals surface area contributed by atoms with E-state index >= 15 is 0 Å². The van der Waals surface area contributed by atoms with Crippen molar-refractivity contribution in [3.8, 4) is 11.5 Å². The van der Waals surface area contributed by atoms with Crippen LogP contribution < -0.4 is 25.4 Å². The summed E-state index contributed by atoms with van der Waals surface area (Å²) in [5.41, 5.74) is 0.690. The zero-order valence-electron chi connectivity index (χ0n) is 17.6. The minimum Gasteiger partial charge on any atom is -0.492 e. The molecule has 0 bridgehead atoms. The van der Waals surface area contributed by atoms with Crippen LogP contribution in [0.25, 0.3) is 0 Å². The van der Waals surface area contributed by atoms with E-state index in [1.807, 2.05) is 26.0 Å². The van der Waals surface area contributed by atoms with Gasteiger partial charge in [-0.15, -0.1) is 0 Å². The molecule has 0 aromatic heterocycles. The van der Waals surface area contributed by atoms with E-state index in [4.69, 9.17) is 9.47 Å². The first kappa shape index (κ1) is 23.0. The van der Waals surface area contributed by atoms with Gasteiger partial charge in [-0.05, 0) is 38.1 Å². The third-order valence-electron chi connectivity index (χ3n) is 3.80. The van der Waals surface area contributed by atoms with E-state index in [-0.39, 0.29) is 17.8 Å². The van der Waals surface area contributed by atoms with Crippen molar-refractivity contribution in [1.29, 1.82) is 0 Å². The summed E-state index contributed by atoms with van der Waals surface area (Å²) in [7, 11) is 0. The molecule has 3 N–H and O–H groups in total. The minimum atomic E-state index is -0.333. The normalized spacial score (nSPS) is 12.1. The Morgan fingerprint density at radius 2 is 1.90 bits per heavy atom. The number of carbonyl (C=O) groups is 1. The molecule has 7 nitrogen and oxygen atoms in total. The molecule has 2 rings (SSSR count). The van der Waals surface area contributed by atoms with E-state index in [9.17, 15) is 9.18 Å². The quantitative estimate of drug-likeness (QED) is 0.315. The third-order valence-corrected chi connectivity index (χ3v) is 3.80. The number of guanidine groups is 1. The molecule has 8 heteroatoms. The van der Waals surface area contributed by atoms with Crippen LogP contribution in [0.2, 0.25) is 0 Å². The van der Waals surface area contributed by atoms with Gasteiger partial charge in [0.2, 0.25) is 5.91 Å². The van der Waals surface area contributed by atoms with Crippen molar-refractivity contribution in [3.63, 3.8) is 0 Å². The van der Waals surface area contributed by atoms with Gasteiger partial charge in [-0.25, -0.2) is 9.38 Å². The van der Waals surface area contributed by atoms with Gasteiger partial charge in [-0.3, -0.25) is 4.79 Å². The molecule has 0 saturated heterocycles. The van der Waals surface area contributed by atoms with Gasteiger partial charge in [0.05, 0.1) is 13.1 Å². The van der Waals surface area contributed by atoms with Crippen LogP contribution in [-0.4, -0.2) is 44.2 Å². The summed E-state index contributed by atoms with van der Waals surface area (Å²) in [5, 5.41) is 9.08. The van der Waals surface area contributed by atoms with E-state index < -0.39 is 0 Å². The fraction of sp³-hybridized carbons (Fsp3) is 0.364. The van der Waals surface area contributed by atoms with Crippen LogP contribution in [0.4, 0.5) is 10.1 Å². The van der Waals surface area contributed by atoms with Gasteiger partial charge in [0, 0.05) is 31.3 Å². The molecule has 0 aliphatic carbocycles. The highest BCUT2D eigenvalue weighted by molar-refractivity contribution is 5.88. The van der Waals surface area contributed by atoms with E-state index in [1.165, 1.54) is 19.1 Å². The largest absolute Gasteiger partial charge is 0.492 e. The standard InChI is InChI=1S/C22H29FN4O3/c1-4-24-22(26-15-16(2)30-21-10-5-7-18(23)13-21)25-11-12-29-20-9-6-8-19(14-20)27-17(3)28/h5-10,13-14,16H,4,11-12,15H2,1-3H3,(H,27,28)(H2,24,25,26). The second-order valence-corrected chi connectivity index (χ2v) is 6.59. The summed E-state index contributed by atoms with van der Waals surface area (Å²) in [6.45, 7) is 7.40. The minimum absolute atomic E-state index is 0.129. The summed E-state index contributed by atoms with van der Waals surface area (Å²) in [6, 6.07) is 13.3. The highest BCUT2D eigenvalue weighted by atomic mass is 19.1. The molecule has 2 aromatic carbocycles. The maximum absolute atomic E-state index is 13.2. The van der Waals surface area contributed by atoms with E-state index in [1.54, 1.807) is 24.3 Å². The molecule has 0 spiro atoms. The lowest BCUT2D eigenvalue weighted by Crippen LogP contribution is -2.40. The molecule has 2 aromatic rings. The number of rotatable bonds is 10. The third kappa shape index (κ3) is 8.81. The van der Waals surface area contributed by atoms with Crippen molar-refractivity contribution < 1.29 is 18.7 Å². The fourth-order valence-electron chi connectivity index (χ4n) is 2.58. The lowest BCUT2D eigenvalue weighted by atomic mass is 10.3. The number of halogens is 1. The topological polar surface area (TPSA) is 84.0 Å². The molecule has 1 unspecified atom stereocenters. The molecule has 0 heterocycles. The predicted molar refractivity (Wildman–Crippen MR) is 117 cm³/mol. The average Bonchev–Trinajstić information content (AvgIpc) is 2.69. The summed E-state index contributed by atoms with van der Waals surface area (Å²) >= 11 is 0. The van der Waals surface area contributed by atoms with Crippen LogP contribution in [0.15, 0.2) is 53.5 Å². The molecule has 1 atom stereocenters. The highest BCUT2D eigenvalue weighted by Gasteiger charge is 2.06. The Morgan fingerprint density at radius 3 is 2.63 bits per heavy atom. The molecule has 0 aliphatic heterocycles. The number of hydrogen-bond donors (Lipinski definition) is 3. The summed E-state index contributed by atoms with van der Waals surface area (Å²) in [6.07, 6.45) is -0.213. The summed E-state index contributed by atoms with van der Waals surface area (Å²) < 4.78 is 24.7. The fourth-order valence-corrected chi connectivity index (χ4v) is 2.58. The lowest BCUT2D eigenvalue weighted by Gasteiger charge is -2.15. The molecular formula is C22H29FN4O3. The number of amides is 1. The van der Waals surface area contributed by atoms with Crippen molar-refractivity contribution in [2.75, 3.05) is 31.6 Å². The number of anilines is 1. The van der Waals surface area contributed by atoms with Crippen LogP contribution in [0, 0.1) is 5.82 Å².